The molecule has 3 rings (SSSR count). The number of sulfonamides is 1. The number of rotatable bonds is 7. The van der Waals surface area contributed by atoms with E-state index < -0.39 is 20.8 Å². The first kappa shape index (κ1) is 22.8. The molecule has 3 aromatic rings. The lowest BCUT2D eigenvalue weighted by Crippen LogP contribution is -2.34. The standard InChI is InChI=1S/C18H20N6O4S3/c1-11(2)10-24(17-20-7-8-29-17)31(27,28)13-5-3-12(4-6-13)21-18(26)30-16-22-14(19)9-15(25)23-16/h3-9,11H,10H2,1-2H3,(H,21,26)(H3,19,22,23,25). The molecule has 1 amide bonds. The van der Waals surface area contributed by atoms with Crippen molar-refractivity contribution in [1.29, 1.82) is 0 Å². The second-order valence-electron chi connectivity index (χ2n) is 6.76. The summed E-state index contributed by atoms with van der Waals surface area (Å²) < 4.78 is 27.6. The topological polar surface area (TPSA) is 151 Å². The summed E-state index contributed by atoms with van der Waals surface area (Å²) in [6.45, 7) is 4.14. The van der Waals surface area contributed by atoms with Crippen molar-refractivity contribution in [2.24, 2.45) is 5.92 Å². The lowest BCUT2D eigenvalue weighted by Gasteiger charge is -2.23. The van der Waals surface area contributed by atoms with Gasteiger partial charge in [0.25, 0.3) is 20.8 Å². The number of anilines is 3. The van der Waals surface area contributed by atoms with Crippen molar-refractivity contribution in [2.75, 3.05) is 21.9 Å². The zero-order valence-corrected chi connectivity index (χ0v) is 19.1. The molecule has 4 N–H and O–H groups in total. The quantitative estimate of drug-likeness (QED) is 0.345. The van der Waals surface area contributed by atoms with E-state index in [4.69, 9.17) is 5.73 Å². The average Bonchev–Trinajstić information content (AvgIpc) is 3.19. The van der Waals surface area contributed by atoms with E-state index in [9.17, 15) is 18.0 Å². The summed E-state index contributed by atoms with van der Waals surface area (Å²) in [7, 11) is -3.82. The molecule has 164 valence electrons. The summed E-state index contributed by atoms with van der Waals surface area (Å²) in [5.41, 5.74) is 5.41. The number of carbonyl (C=O) groups is 1. The molecule has 0 aliphatic carbocycles. The minimum atomic E-state index is -3.82. The van der Waals surface area contributed by atoms with Gasteiger partial charge >= 0.3 is 0 Å². The van der Waals surface area contributed by atoms with Crippen LogP contribution in [-0.4, -0.2) is 35.2 Å². The number of aromatic amines is 1. The molecule has 0 spiro atoms. The number of benzene rings is 1. The van der Waals surface area contributed by atoms with E-state index in [1.807, 2.05) is 13.8 Å². The number of hydrogen-bond acceptors (Lipinski definition) is 9. The van der Waals surface area contributed by atoms with Gasteiger partial charge in [-0.1, -0.05) is 13.8 Å². The highest BCUT2D eigenvalue weighted by molar-refractivity contribution is 8.13. The van der Waals surface area contributed by atoms with Crippen LogP contribution in [0.2, 0.25) is 0 Å². The predicted octanol–water partition coefficient (Wildman–Crippen LogP) is 2.98. The number of nitrogens with one attached hydrogen (secondary N) is 2. The molecule has 0 unspecified atom stereocenters. The molecule has 2 heterocycles. The number of thiazole rings is 1. The van der Waals surface area contributed by atoms with Gasteiger partial charge in [-0.15, -0.1) is 11.3 Å². The van der Waals surface area contributed by atoms with Crippen molar-refractivity contribution in [3.8, 4) is 0 Å². The minimum absolute atomic E-state index is 0.000193. The van der Waals surface area contributed by atoms with Crippen LogP contribution in [0, 0.1) is 5.92 Å². The van der Waals surface area contributed by atoms with Crippen LogP contribution in [0.15, 0.2) is 56.8 Å². The van der Waals surface area contributed by atoms with E-state index in [2.05, 4.69) is 20.3 Å². The minimum Gasteiger partial charge on any atom is -0.383 e. The molecule has 0 fully saturated rings. The summed E-state index contributed by atoms with van der Waals surface area (Å²) in [6, 6.07) is 6.90. The maximum Gasteiger partial charge on any atom is 0.291 e. The highest BCUT2D eigenvalue weighted by Crippen LogP contribution is 2.27. The van der Waals surface area contributed by atoms with Gasteiger partial charge in [0.15, 0.2) is 10.3 Å². The van der Waals surface area contributed by atoms with Gasteiger partial charge in [0.2, 0.25) is 0 Å². The number of hydrogen-bond donors (Lipinski definition) is 3. The van der Waals surface area contributed by atoms with Crippen LogP contribution in [0.3, 0.4) is 0 Å². The van der Waals surface area contributed by atoms with Crippen molar-refractivity contribution >= 4 is 55.0 Å². The molecule has 0 aliphatic heterocycles. The maximum atomic E-state index is 13.2. The van der Waals surface area contributed by atoms with Gasteiger partial charge in [-0.05, 0) is 30.2 Å². The van der Waals surface area contributed by atoms with E-state index in [1.54, 1.807) is 11.6 Å². The molecule has 0 atom stereocenters. The van der Waals surface area contributed by atoms with E-state index >= 15 is 0 Å². The first-order chi connectivity index (χ1) is 14.6. The molecular formula is C18H20N6O4S3. The lowest BCUT2D eigenvalue weighted by atomic mass is 10.2. The van der Waals surface area contributed by atoms with Crippen LogP contribution in [0.4, 0.5) is 21.4 Å². The average molecular weight is 481 g/mol. The van der Waals surface area contributed by atoms with Crippen molar-refractivity contribution in [2.45, 2.75) is 23.9 Å². The number of amides is 1. The zero-order chi connectivity index (χ0) is 22.6. The lowest BCUT2D eigenvalue weighted by molar-refractivity contribution is 0.269. The number of nitrogens with zero attached hydrogens (tertiary/aromatic N) is 3. The Balaban J connectivity index is 1.75. The Morgan fingerprint density at radius 1 is 1.32 bits per heavy atom. The fourth-order valence-corrected chi connectivity index (χ4v) is 5.63. The summed E-state index contributed by atoms with van der Waals surface area (Å²) in [4.78, 5) is 34.1. The smallest absolute Gasteiger partial charge is 0.291 e. The molecule has 2 aromatic heterocycles. The van der Waals surface area contributed by atoms with Gasteiger partial charge in [-0.2, -0.15) is 0 Å². The summed E-state index contributed by atoms with van der Waals surface area (Å²) in [6.07, 6.45) is 1.56. The van der Waals surface area contributed by atoms with Gasteiger partial charge in [0, 0.05) is 41.6 Å². The summed E-state index contributed by atoms with van der Waals surface area (Å²) in [5, 5.41) is 4.24. The van der Waals surface area contributed by atoms with Crippen LogP contribution in [0.25, 0.3) is 0 Å². The monoisotopic (exact) mass is 480 g/mol. The molecule has 0 radical (unpaired) electrons. The van der Waals surface area contributed by atoms with Gasteiger partial charge in [0.1, 0.15) is 5.82 Å². The third-order valence-electron chi connectivity index (χ3n) is 3.78. The molecule has 1 aromatic carbocycles. The zero-order valence-electron chi connectivity index (χ0n) is 16.6. The number of H-pyrrole nitrogens is 1. The normalized spacial score (nSPS) is 11.5. The Labute approximate surface area is 187 Å². The van der Waals surface area contributed by atoms with Gasteiger partial charge in [0.05, 0.1) is 4.90 Å². The molecule has 0 bridgehead atoms. The fraction of sp³-hybridized carbons (Fsp3) is 0.222. The van der Waals surface area contributed by atoms with Crippen LogP contribution >= 0.6 is 23.1 Å². The van der Waals surface area contributed by atoms with Crippen molar-refractivity contribution in [1.82, 2.24) is 15.0 Å². The largest absolute Gasteiger partial charge is 0.383 e. The number of thioether (sulfide) groups is 1. The molecule has 0 saturated carbocycles. The second kappa shape index (κ2) is 9.49. The Kier molecular flexibility index (Phi) is 6.97. The molecule has 10 nitrogen and oxygen atoms in total. The van der Waals surface area contributed by atoms with Crippen molar-refractivity contribution in [3.05, 3.63) is 52.3 Å². The number of nitrogen functional groups attached to an aromatic ring is 1. The third-order valence-corrected chi connectivity index (χ3v) is 7.14. The Morgan fingerprint density at radius 2 is 2.03 bits per heavy atom. The Bertz CT molecular complexity index is 1210. The highest BCUT2D eigenvalue weighted by atomic mass is 32.2. The first-order valence-electron chi connectivity index (χ1n) is 9.03. The van der Waals surface area contributed by atoms with Crippen LogP contribution in [0.1, 0.15) is 13.8 Å². The molecule has 0 saturated heterocycles. The van der Waals surface area contributed by atoms with E-state index in [1.165, 1.54) is 39.9 Å². The van der Waals surface area contributed by atoms with E-state index in [0.717, 1.165) is 6.07 Å². The van der Waals surface area contributed by atoms with Crippen LogP contribution < -0.4 is 20.9 Å². The summed E-state index contributed by atoms with van der Waals surface area (Å²) >= 11 is 1.90. The SMILES string of the molecule is CC(C)CN(c1nccs1)S(=O)(=O)c1ccc(NC(=O)Sc2nc(N)cc(=O)[nH]2)cc1. The first-order valence-corrected chi connectivity index (χ1v) is 12.2. The van der Waals surface area contributed by atoms with Crippen LogP contribution in [0.5, 0.6) is 0 Å². The Hall–Kier alpha value is -2.90. The van der Waals surface area contributed by atoms with Gasteiger partial charge < -0.3 is 16.0 Å². The van der Waals surface area contributed by atoms with Crippen LogP contribution in [-0.2, 0) is 10.0 Å². The molecule has 31 heavy (non-hydrogen) atoms. The number of aromatic nitrogens is 3. The predicted molar refractivity (Wildman–Crippen MR) is 122 cm³/mol. The highest BCUT2D eigenvalue weighted by Gasteiger charge is 2.27. The van der Waals surface area contributed by atoms with Gasteiger partial charge in [-0.3, -0.25) is 9.59 Å². The van der Waals surface area contributed by atoms with Crippen molar-refractivity contribution in [3.63, 3.8) is 0 Å². The third kappa shape index (κ3) is 5.83. The van der Waals surface area contributed by atoms with Crippen molar-refractivity contribution < 1.29 is 13.2 Å². The summed E-state index contributed by atoms with van der Waals surface area (Å²) in [5.74, 6) is 0.0983. The molecule has 13 heteroatoms. The molecular weight excluding hydrogens is 460 g/mol. The number of carbonyl (C=O) groups excluding carboxylic acids is 1. The molecule has 0 aliphatic rings. The Morgan fingerprint density at radius 3 is 2.61 bits per heavy atom. The number of nitrogens with two attached hydrogens (primary N) is 1. The fourth-order valence-electron chi connectivity index (χ4n) is 2.52. The van der Waals surface area contributed by atoms with Gasteiger partial charge in [-0.25, -0.2) is 22.7 Å². The maximum absolute atomic E-state index is 13.2. The van der Waals surface area contributed by atoms with E-state index in [0.29, 0.717) is 22.6 Å². The second-order valence-corrected chi connectivity index (χ2v) is 10.5. The van der Waals surface area contributed by atoms with E-state index in [-0.39, 0.29) is 28.3 Å².